The number of aromatic hydroxyl groups is 4. The number of carboxylic acid groups (broad SMARTS) is 1. The van der Waals surface area contributed by atoms with E-state index >= 15 is 0 Å². The first kappa shape index (κ1) is 15.9. The molecule has 1 unspecified atom stereocenters. The third-order valence-electron chi connectivity index (χ3n) is 4.27. The van der Waals surface area contributed by atoms with Crippen molar-refractivity contribution in [3.63, 3.8) is 0 Å². The first-order chi connectivity index (χ1) is 11.4. The summed E-state index contributed by atoms with van der Waals surface area (Å²) in [5, 5.41) is 51.0. The zero-order chi connectivity index (χ0) is 17.4. The van der Waals surface area contributed by atoms with Gasteiger partial charge in [0.05, 0.1) is 0 Å². The zero-order valence-corrected chi connectivity index (χ0v) is 12.7. The summed E-state index contributed by atoms with van der Waals surface area (Å²) in [5.74, 6) is -2.79. The van der Waals surface area contributed by atoms with Crippen LogP contribution in [-0.4, -0.2) is 37.5 Å². The van der Waals surface area contributed by atoms with Gasteiger partial charge in [0, 0.05) is 12.6 Å². The molecule has 0 aromatic heterocycles. The SMILES string of the molecule is O=C(O)c1c(CC2Cc3cc(O)c(O)cc3CN2)ccc(O)c1O. The van der Waals surface area contributed by atoms with E-state index in [1.165, 1.54) is 24.3 Å². The van der Waals surface area contributed by atoms with Gasteiger partial charge in [-0.05, 0) is 47.7 Å². The molecule has 0 fully saturated rings. The number of phenols is 4. The van der Waals surface area contributed by atoms with Gasteiger partial charge in [0.2, 0.25) is 0 Å². The van der Waals surface area contributed by atoms with E-state index in [1.807, 2.05) is 0 Å². The summed E-state index contributed by atoms with van der Waals surface area (Å²) in [5.41, 5.74) is 1.83. The van der Waals surface area contributed by atoms with E-state index in [-0.39, 0.29) is 23.1 Å². The maximum atomic E-state index is 11.4. The first-order valence-electron chi connectivity index (χ1n) is 7.41. The normalized spacial score (nSPS) is 16.6. The molecule has 3 rings (SSSR count). The molecule has 1 atom stereocenters. The number of carbonyl (C=O) groups is 1. The van der Waals surface area contributed by atoms with Crippen molar-refractivity contribution in [1.29, 1.82) is 0 Å². The van der Waals surface area contributed by atoms with E-state index in [2.05, 4.69) is 5.32 Å². The maximum Gasteiger partial charge on any atom is 0.339 e. The highest BCUT2D eigenvalue weighted by molar-refractivity contribution is 5.93. The molecule has 0 aliphatic carbocycles. The monoisotopic (exact) mass is 331 g/mol. The molecule has 24 heavy (non-hydrogen) atoms. The van der Waals surface area contributed by atoms with Crippen molar-refractivity contribution < 1.29 is 30.3 Å². The number of fused-ring (bicyclic) bond motifs is 1. The minimum absolute atomic E-state index is 0.108. The molecule has 2 aromatic rings. The van der Waals surface area contributed by atoms with Gasteiger partial charge in [0.15, 0.2) is 23.0 Å². The summed E-state index contributed by atoms with van der Waals surface area (Å²) in [7, 11) is 0. The van der Waals surface area contributed by atoms with Gasteiger partial charge in [0.25, 0.3) is 0 Å². The zero-order valence-electron chi connectivity index (χ0n) is 12.7. The van der Waals surface area contributed by atoms with Gasteiger partial charge in [-0.15, -0.1) is 0 Å². The standard InChI is InChI=1S/C17H17NO6/c19-12-2-1-8(15(16(12)22)17(23)24)3-11-4-9-5-13(20)14(21)6-10(9)7-18-11/h1-2,5-6,11,18-22H,3-4,7H2,(H,23,24). The summed E-state index contributed by atoms with van der Waals surface area (Å²) in [6.45, 7) is 0.473. The lowest BCUT2D eigenvalue weighted by molar-refractivity contribution is 0.0691. The maximum absolute atomic E-state index is 11.4. The Balaban J connectivity index is 1.87. The lowest BCUT2D eigenvalue weighted by Gasteiger charge is -2.27. The number of hydrogen-bond donors (Lipinski definition) is 6. The lowest BCUT2D eigenvalue weighted by Crippen LogP contribution is -2.37. The quantitative estimate of drug-likeness (QED) is 0.470. The van der Waals surface area contributed by atoms with E-state index in [0.717, 1.165) is 11.1 Å². The molecule has 0 spiro atoms. The minimum Gasteiger partial charge on any atom is -0.504 e. The predicted molar refractivity (Wildman–Crippen MR) is 84.5 cm³/mol. The summed E-state index contributed by atoms with van der Waals surface area (Å²) >= 11 is 0. The minimum atomic E-state index is -1.31. The van der Waals surface area contributed by atoms with Crippen molar-refractivity contribution in [3.8, 4) is 23.0 Å². The Hall–Kier alpha value is -2.93. The number of phenolic OH excluding ortho intramolecular Hbond substituents is 3. The number of carboxylic acids is 1. The number of aromatic carboxylic acids is 1. The Morgan fingerprint density at radius 1 is 1.04 bits per heavy atom. The Morgan fingerprint density at radius 2 is 1.71 bits per heavy atom. The van der Waals surface area contributed by atoms with E-state index < -0.39 is 17.5 Å². The van der Waals surface area contributed by atoms with E-state index in [1.54, 1.807) is 0 Å². The Labute approximate surface area is 137 Å². The van der Waals surface area contributed by atoms with Crippen molar-refractivity contribution in [3.05, 3.63) is 46.5 Å². The molecule has 7 heteroatoms. The molecule has 6 N–H and O–H groups in total. The summed E-state index contributed by atoms with van der Waals surface area (Å²) in [6.07, 6.45) is 0.862. The Kier molecular flexibility index (Phi) is 3.94. The fourth-order valence-electron chi connectivity index (χ4n) is 3.05. The van der Waals surface area contributed by atoms with Gasteiger partial charge in [-0.2, -0.15) is 0 Å². The van der Waals surface area contributed by atoms with Gasteiger partial charge in [-0.3, -0.25) is 0 Å². The smallest absolute Gasteiger partial charge is 0.339 e. The molecule has 2 aromatic carbocycles. The largest absolute Gasteiger partial charge is 0.504 e. The molecule has 1 heterocycles. The van der Waals surface area contributed by atoms with Crippen LogP contribution in [0.2, 0.25) is 0 Å². The number of benzene rings is 2. The molecular formula is C17H17NO6. The van der Waals surface area contributed by atoms with Gasteiger partial charge in [-0.25, -0.2) is 4.79 Å². The molecule has 1 aliphatic rings. The molecule has 0 saturated carbocycles. The Morgan fingerprint density at radius 3 is 2.38 bits per heavy atom. The summed E-state index contributed by atoms with van der Waals surface area (Å²) in [4.78, 5) is 11.4. The van der Waals surface area contributed by atoms with Crippen LogP contribution in [0.1, 0.15) is 27.0 Å². The van der Waals surface area contributed by atoms with Crippen LogP contribution >= 0.6 is 0 Å². The van der Waals surface area contributed by atoms with Crippen LogP contribution < -0.4 is 5.32 Å². The van der Waals surface area contributed by atoms with Gasteiger partial charge in [-0.1, -0.05) is 6.07 Å². The second-order valence-electron chi connectivity index (χ2n) is 5.87. The van der Waals surface area contributed by atoms with Crippen molar-refractivity contribution in [2.24, 2.45) is 0 Å². The molecular weight excluding hydrogens is 314 g/mol. The highest BCUT2D eigenvalue weighted by atomic mass is 16.4. The van der Waals surface area contributed by atoms with Crippen LogP contribution in [-0.2, 0) is 19.4 Å². The third-order valence-corrected chi connectivity index (χ3v) is 4.27. The molecule has 0 bridgehead atoms. The Bertz CT molecular complexity index is 817. The summed E-state index contributed by atoms with van der Waals surface area (Å²) < 4.78 is 0. The van der Waals surface area contributed by atoms with Crippen LogP contribution in [0.25, 0.3) is 0 Å². The van der Waals surface area contributed by atoms with Crippen molar-refractivity contribution >= 4 is 5.97 Å². The highest BCUT2D eigenvalue weighted by Crippen LogP contribution is 2.34. The average molecular weight is 331 g/mol. The fraction of sp³-hybridized carbons (Fsp3) is 0.235. The number of rotatable bonds is 3. The number of nitrogens with one attached hydrogen (secondary N) is 1. The van der Waals surface area contributed by atoms with Crippen molar-refractivity contribution in [2.75, 3.05) is 0 Å². The van der Waals surface area contributed by atoms with Gasteiger partial charge < -0.3 is 30.8 Å². The van der Waals surface area contributed by atoms with Crippen molar-refractivity contribution in [1.82, 2.24) is 5.32 Å². The van der Waals surface area contributed by atoms with Gasteiger partial charge in [0.1, 0.15) is 5.56 Å². The molecule has 126 valence electrons. The highest BCUT2D eigenvalue weighted by Gasteiger charge is 2.24. The second-order valence-corrected chi connectivity index (χ2v) is 5.87. The number of hydrogen-bond acceptors (Lipinski definition) is 6. The molecule has 0 radical (unpaired) electrons. The second kappa shape index (κ2) is 5.93. The summed E-state index contributed by atoms with van der Waals surface area (Å²) in [6, 6.07) is 5.64. The first-order valence-corrected chi connectivity index (χ1v) is 7.41. The van der Waals surface area contributed by atoms with Crippen LogP contribution in [0.4, 0.5) is 0 Å². The van der Waals surface area contributed by atoms with E-state index in [0.29, 0.717) is 24.9 Å². The molecule has 0 amide bonds. The predicted octanol–water partition coefficient (Wildman–Crippen LogP) is 1.46. The third kappa shape index (κ3) is 2.81. The lowest BCUT2D eigenvalue weighted by atomic mass is 9.90. The molecule has 7 nitrogen and oxygen atoms in total. The van der Waals surface area contributed by atoms with Gasteiger partial charge >= 0.3 is 5.97 Å². The average Bonchev–Trinajstić information content (AvgIpc) is 2.52. The van der Waals surface area contributed by atoms with Crippen LogP contribution in [0.5, 0.6) is 23.0 Å². The van der Waals surface area contributed by atoms with E-state index in [4.69, 9.17) is 0 Å². The molecule has 0 saturated heterocycles. The topological polar surface area (TPSA) is 130 Å². The van der Waals surface area contributed by atoms with E-state index in [9.17, 15) is 30.3 Å². The van der Waals surface area contributed by atoms with Crippen LogP contribution in [0.3, 0.4) is 0 Å². The molecule has 1 aliphatic heterocycles. The van der Waals surface area contributed by atoms with Crippen molar-refractivity contribution in [2.45, 2.75) is 25.4 Å². The van der Waals surface area contributed by atoms with Crippen LogP contribution in [0.15, 0.2) is 24.3 Å². The van der Waals surface area contributed by atoms with Crippen LogP contribution in [0, 0.1) is 0 Å². The fourth-order valence-corrected chi connectivity index (χ4v) is 3.05.